The van der Waals surface area contributed by atoms with Gasteiger partial charge in [0.1, 0.15) is 0 Å². The van der Waals surface area contributed by atoms with E-state index in [2.05, 4.69) is 5.32 Å². The molecule has 0 atom stereocenters. The van der Waals surface area contributed by atoms with Gasteiger partial charge in [-0.1, -0.05) is 24.3 Å². The fraction of sp³-hybridized carbons (Fsp3) is 0.188. The lowest BCUT2D eigenvalue weighted by Gasteiger charge is -2.09. The van der Waals surface area contributed by atoms with E-state index in [0.29, 0.717) is 5.56 Å². The second kappa shape index (κ2) is 5.05. The molecule has 2 aromatic carbocycles. The standard InChI is InChI=1S/C16H17NO/c1-11-8-9-14(10-13(11)3)16(18)17-15-7-5-4-6-12(15)2/h4-10H,1-3H3,(H,17,18). The highest BCUT2D eigenvalue weighted by atomic mass is 16.1. The van der Waals surface area contributed by atoms with Crippen LogP contribution in [-0.2, 0) is 0 Å². The molecule has 0 bridgehead atoms. The van der Waals surface area contributed by atoms with Crippen LogP contribution in [0.4, 0.5) is 5.69 Å². The zero-order valence-electron chi connectivity index (χ0n) is 10.9. The fourth-order valence-electron chi connectivity index (χ4n) is 1.79. The van der Waals surface area contributed by atoms with Crippen LogP contribution in [0, 0.1) is 20.8 Å². The number of para-hydroxylation sites is 1. The quantitative estimate of drug-likeness (QED) is 0.847. The Morgan fingerprint density at radius 1 is 0.889 bits per heavy atom. The number of rotatable bonds is 2. The molecule has 1 amide bonds. The Kier molecular flexibility index (Phi) is 3.47. The first-order valence-electron chi connectivity index (χ1n) is 6.02. The van der Waals surface area contributed by atoms with Crippen molar-refractivity contribution in [2.75, 3.05) is 5.32 Å². The predicted octanol–water partition coefficient (Wildman–Crippen LogP) is 3.86. The largest absolute Gasteiger partial charge is 0.322 e. The van der Waals surface area contributed by atoms with Gasteiger partial charge in [-0.15, -0.1) is 0 Å². The first-order valence-corrected chi connectivity index (χ1v) is 6.02. The van der Waals surface area contributed by atoms with Crippen molar-refractivity contribution in [1.29, 1.82) is 0 Å². The first-order chi connectivity index (χ1) is 8.58. The Morgan fingerprint density at radius 3 is 2.28 bits per heavy atom. The normalized spacial score (nSPS) is 10.2. The van der Waals surface area contributed by atoms with Crippen molar-refractivity contribution in [1.82, 2.24) is 0 Å². The van der Waals surface area contributed by atoms with Gasteiger partial charge in [0.05, 0.1) is 0 Å². The molecule has 2 heteroatoms. The van der Waals surface area contributed by atoms with E-state index in [-0.39, 0.29) is 5.91 Å². The number of carbonyl (C=O) groups excluding carboxylic acids is 1. The molecule has 0 aromatic heterocycles. The van der Waals surface area contributed by atoms with Crippen LogP contribution in [-0.4, -0.2) is 5.91 Å². The zero-order valence-corrected chi connectivity index (χ0v) is 10.9. The van der Waals surface area contributed by atoms with Gasteiger partial charge in [-0.3, -0.25) is 4.79 Å². The molecule has 0 radical (unpaired) electrons. The predicted molar refractivity (Wildman–Crippen MR) is 75.0 cm³/mol. The van der Waals surface area contributed by atoms with E-state index in [1.165, 1.54) is 5.56 Å². The molecule has 2 rings (SSSR count). The van der Waals surface area contributed by atoms with Gasteiger partial charge in [-0.25, -0.2) is 0 Å². The average Bonchev–Trinajstić information content (AvgIpc) is 2.35. The molecule has 0 saturated carbocycles. The third-order valence-electron chi connectivity index (χ3n) is 3.16. The van der Waals surface area contributed by atoms with E-state index in [0.717, 1.165) is 16.8 Å². The van der Waals surface area contributed by atoms with E-state index in [4.69, 9.17) is 0 Å². The van der Waals surface area contributed by atoms with Gasteiger partial charge in [-0.05, 0) is 55.7 Å². The third kappa shape index (κ3) is 2.59. The topological polar surface area (TPSA) is 29.1 Å². The van der Waals surface area contributed by atoms with Crippen molar-refractivity contribution in [3.63, 3.8) is 0 Å². The number of benzene rings is 2. The molecule has 18 heavy (non-hydrogen) atoms. The minimum Gasteiger partial charge on any atom is -0.322 e. The van der Waals surface area contributed by atoms with E-state index >= 15 is 0 Å². The van der Waals surface area contributed by atoms with Crippen LogP contribution in [0.3, 0.4) is 0 Å². The minimum atomic E-state index is -0.0626. The first kappa shape index (κ1) is 12.4. The van der Waals surface area contributed by atoms with Crippen LogP contribution >= 0.6 is 0 Å². The van der Waals surface area contributed by atoms with E-state index in [9.17, 15) is 4.79 Å². The second-order valence-electron chi connectivity index (χ2n) is 4.57. The van der Waals surface area contributed by atoms with Gasteiger partial charge >= 0.3 is 0 Å². The SMILES string of the molecule is Cc1ccc(C(=O)Nc2ccccc2C)cc1C. The smallest absolute Gasteiger partial charge is 0.255 e. The molecule has 0 fully saturated rings. The van der Waals surface area contributed by atoms with Crippen LogP contribution in [0.2, 0.25) is 0 Å². The number of hydrogen-bond acceptors (Lipinski definition) is 1. The van der Waals surface area contributed by atoms with Gasteiger partial charge in [-0.2, -0.15) is 0 Å². The molecule has 0 spiro atoms. The van der Waals surface area contributed by atoms with Crippen molar-refractivity contribution in [3.8, 4) is 0 Å². The molecule has 0 aliphatic heterocycles. The second-order valence-corrected chi connectivity index (χ2v) is 4.57. The summed E-state index contributed by atoms with van der Waals surface area (Å²) in [6.07, 6.45) is 0. The van der Waals surface area contributed by atoms with Crippen molar-refractivity contribution in [2.24, 2.45) is 0 Å². The summed E-state index contributed by atoms with van der Waals surface area (Å²) in [4.78, 5) is 12.1. The summed E-state index contributed by atoms with van der Waals surface area (Å²) in [6, 6.07) is 13.5. The Hall–Kier alpha value is -2.09. The number of carbonyl (C=O) groups is 1. The van der Waals surface area contributed by atoms with E-state index < -0.39 is 0 Å². The number of nitrogens with one attached hydrogen (secondary N) is 1. The third-order valence-corrected chi connectivity index (χ3v) is 3.16. The highest BCUT2D eigenvalue weighted by Gasteiger charge is 2.08. The summed E-state index contributed by atoms with van der Waals surface area (Å²) in [6.45, 7) is 6.04. The molecule has 2 nitrogen and oxygen atoms in total. The Morgan fingerprint density at radius 2 is 1.61 bits per heavy atom. The van der Waals surface area contributed by atoms with Crippen LogP contribution in [0.5, 0.6) is 0 Å². The molecule has 0 unspecified atom stereocenters. The van der Waals surface area contributed by atoms with Crippen LogP contribution in [0.25, 0.3) is 0 Å². The fourth-order valence-corrected chi connectivity index (χ4v) is 1.79. The Labute approximate surface area is 108 Å². The maximum atomic E-state index is 12.1. The van der Waals surface area contributed by atoms with Crippen molar-refractivity contribution in [3.05, 3.63) is 64.7 Å². The van der Waals surface area contributed by atoms with Gasteiger partial charge < -0.3 is 5.32 Å². The van der Waals surface area contributed by atoms with Crippen molar-refractivity contribution >= 4 is 11.6 Å². The monoisotopic (exact) mass is 239 g/mol. The average molecular weight is 239 g/mol. The Bertz CT molecular complexity index is 587. The summed E-state index contributed by atoms with van der Waals surface area (Å²) in [5.74, 6) is -0.0626. The van der Waals surface area contributed by atoms with Crippen LogP contribution in [0.15, 0.2) is 42.5 Å². The van der Waals surface area contributed by atoms with Crippen LogP contribution in [0.1, 0.15) is 27.0 Å². The lowest BCUT2D eigenvalue weighted by molar-refractivity contribution is 0.102. The maximum absolute atomic E-state index is 12.1. The number of amides is 1. The van der Waals surface area contributed by atoms with Crippen molar-refractivity contribution < 1.29 is 4.79 Å². The maximum Gasteiger partial charge on any atom is 0.255 e. The molecular formula is C16H17NO. The lowest BCUT2D eigenvalue weighted by atomic mass is 10.1. The molecular weight excluding hydrogens is 222 g/mol. The van der Waals surface area contributed by atoms with Gasteiger partial charge in [0, 0.05) is 11.3 Å². The zero-order chi connectivity index (χ0) is 13.1. The number of aryl methyl sites for hydroxylation is 3. The van der Waals surface area contributed by atoms with E-state index in [1.54, 1.807) is 0 Å². The molecule has 0 heterocycles. The Balaban J connectivity index is 2.22. The summed E-state index contributed by atoms with van der Waals surface area (Å²) in [7, 11) is 0. The summed E-state index contributed by atoms with van der Waals surface area (Å²) >= 11 is 0. The van der Waals surface area contributed by atoms with Crippen molar-refractivity contribution in [2.45, 2.75) is 20.8 Å². The highest BCUT2D eigenvalue weighted by molar-refractivity contribution is 6.04. The number of hydrogen-bond donors (Lipinski definition) is 1. The van der Waals surface area contributed by atoms with Gasteiger partial charge in [0.25, 0.3) is 5.91 Å². The molecule has 0 aliphatic carbocycles. The van der Waals surface area contributed by atoms with Crippen LogP contribution < -0.4 is 5.32 Å². The summed E-state index contributed by atoms with van der Waals surface area (Å²) in [5.41, 5.74) is 4.95. The highest BCUT2D eigenvalue weighted by Crippen LogP contribution is 2.16. The van der Waals surface area contributed by atoms with Gasteiger partial charge in [0.2, 0.25) is 0 Å². The molecule has 0 aliphatic rings. The molecule has 2 aromatic rings. The van der Waals surface area contributed by atoms with E-state index in [1.807, 2.05) is 63.2 Å². The number of anilines is 1. The lowest BCUT2D eigenvalue weighted by Crippen LogP contribution is -2.12. The molecule has 92 valence electrons. The molecule has 0 saturated heterocycles. The molecule has 1 N–H and O–H groups in total. The minimum absolute atomic E-state index is 0.0626. The summed E-state index contributed by atoms with van der Waals surface area (Å²) in [5, 5.41) is 2.93. The van der Waals surface area contributed by atoms with Gasteiger partial charge in [0.15, 0.2) is 0 Å². The summed E-state index contributed by atoms with van der Waals surface area (Å²) < 4.78 is 0.